The molecule has 1 aliphatic heterocycles. The highest BCUT2D eigenvalue weighted by molar-refractivity contribution is 7.89. The van der Waals surface area contributed by atoms with Crippen molar-refractivity contribution in [2.75, 3.05) is 30.3 Å². The first-order valence-electron chi connectivity index (χ1n) is 10.2. The summed E-state index contributed by atoms with van der Waals surface area (Å²) in [6.07, 6.45) is 0.365. The Balaban J connectivity index is 1.87. The number of pyridine rings is 1. The number of nitrogen functional groups attached to an aromatic ring is 1. The molecule has 3 rings (SSSR count). The fourth-order valence-electron chi connectivity index (χ4n) is 3.71. The number of hydrogen-bond donors (Lipinski definition) is 2. The number of rotatable bonds is 5. The van der Waals surface area contributed by atoms with Gasteiger partial charge in [0.05, 0.1) is 6.42 Å². The van der Waals surface area contributed by atoms with Crippen LogP contribution in [-0.4, -0.2) is 54.7 Å². The van der Waals surface area contributed by atoms with Crippen LogP contribution in [0.2, 0.25) is 0 Å². The lowest BCUT2D eigenvalue weighted by molar-refractivity contribution is -0.264. The van der Waals surface area contributed by atoms with Gasteiger partial charge in [0.15, 0.2) is 5.60 Å². The Morgan fingerprint density at radius 3 is 2.41 bits per heavy atom. The lowest BCUT2D eigenvalue weighted by Gasteiger charge is -2.40. The highest BCUT2D eigenvalue weighted by atomic mass is 32.2. The van der Waals surface area contributed by atoms with Crippen molar-refractivity contribution < 1.29 is 26.7 Å². The highest BCUT2D eigenvalue weighted by Crippen LogP contribution is 2.42. The molecule has 2 atom stereocenters. The van der Waals surface area contributed by atoms with Gasteiger partial charge in [0.1, 0.15) is 16.8 Å². The van der Waals surface area contributed by atoms with Crippen LogP contribution in [0.5, 0.6) is 0 Å². The SMILES string of the molecule is C#CC[C@](O)(c1ccc(N2CCN(S(=O)(=O)c3ccc(N)nc3)C[C@@H]2C#CC)cc1)C(F)(F)F. The zero-order valence-electron chi connectivity index (χ0n) is 18.2. The molecule has 34 heavy (non-hydrogen) atoms. The molecular formula is C23H23F3N4O3S. The molecule has 2 heterocycles. The van der Waals surface area contributed by atoms with E-state index in [4.69, 9.17) is 12.2 Å². The molecule has 7 nitrogen and oxygen atoms in total. The minimum atomic E-state index is -4.95. The zero-order valence-corrected chi connectivity index (χ0v) is 19.1. The Morgan fingerprint density at radius 1 is 1.21 bits per heavy atom. The van der Waals surface area contributed by atoms with E-state index in [-0.39, 0.29) is 35.9 Å². The minimum Gasteiger partial charge on any atom is -0.384 e. The van der Waals surface area contributed by atoms with Crippen molar-refractivity contribution in [2.24, 2.45) is 0 Å². The van der Waals surface area contributed by atoms with E-state index in [0.717, 1.165) is 0 Å². The van der Waals surface area contributed by atoms with Crippen molar-refractivity contribution in [2.45, 2.75) is 36.1 Å². The lowest BCUT2D eigenvalue weighted by atomic mass is 9.89. The maximum atomic E-state index is 13.5. The lowest BCUT2D eigenvalue weighted by Crippen LogP contribution is -2.54. The quantitative estimate of drug-likeness (QED) is 0.622. The summed E-state index contributed by atoms with van der Waals surface area (Å²) in [5.74, 6) is 7.81. The van der Waals surface area contributed by atoms with Crippen LogP contribution in [0.3, 0.4) is 0 Å². The Morgan fingerprint density at radius 2 is 1.88 bits per heavy atom. The maximum absolute atomic E-state index is 13.5. The second-order valence-corrected chi connectivity index (χ2v) is 9.61. The maximum Gasteiger partial charge on any atom is 0.422 e. The van der Waals surface area contributed by atoms with Gasteiger partial charge in [0.25, 0.3) is 0 Å². The van der Waals surface area contributed by atoms with Crippen LogP contribution in [0.15, 0.2) is 47.5 Å². The second-order valence-electron chi connectivity index (χ2n) is 7.67. The molecule has 0 unspecified atom stereocenters. The van der Waals surface area contributed by atoms with Gasteiger partial charge in [-0.25, -0.2) is 13.4 Å². The first kappa shape index (κ1) is 25.4. The average molecular weight is 493 g/mol. The van der Waals surface area contributed by atoms with Gasteiger partial charge in [-0.3, -0.25) is 0 Å². The van der Waals surface area contributed by atoms with E-state index in [2.05, 4.69) is 16.8 Å². The third-order valence-corrected chi connectivity index (χ3v) is 7.40. The predicted molar refractivity (Wildman–Crippen MR) is 122 cm³/mol. The molecule has 0 radical (unpaired) electrons. The summed E-state index contributed by atoms with van der Waals surface area (Å²) in [5, 5.41) is 10.2. The number of sulfonamides is 1. The van der Waals surface area contributed by atoms with E-state index in [1.54, 1.807) is 11.8 Å². The Labute approximate surface area is 196 Å². The first-order valence-corrected chi connectivity index (χ1v) is 11.6. The van der Waals surface area contributed by atoms with Crippen molar-refractivity contribution in [1.82, 2.24) is 9.29 Å². The van der Waals surface area contributed by atoms with Gasteiger partial charge in [-0.1, -0.05) is 18.1 Å². The molecule has 1 aliphatic rings. The molecule has 180 valence electrons. The third-order valence-electron chi connectivity index (χ3n) is 5.55. The van der Waals surface area contributed by atoms with E-state index < -0.39 is 34.3 Å². The molecule has 0 bridgehead atoms. The summed E-state index contributed by atoms with van der Waals surface area (Å²) in [6.45, 7) is 2.02. The number of nitrogens with two attached hydrogens (primary N) is 1. The molecule has 1 saturated heterocycles. The number of aromatic nitrogens is 1. The largest absolute Gasteiger partial charge is 0.422 e. The number of piperazine rings is 1. The number of alkyl halides is 3. The number of nitrogens with zero attached hydrogens (tertiary/aromatic N) is 3. The Kier molecular flexibility index (Phi) is 7.13. The first-order chi connectivity index (χ1) is 15.9. The summed E-state index contributed by atoms with van der Waals surface area (Å²) in [4.78, 5) is 5.65. The molecule has 11 heteroatoms. The number of benzene rings is 1. The summed E-state index contributed by atoms with van der Waals surface area (Å²) in [6, 6.07) is 7.42. The van der Waals surface area contributed by atoms with E-state index in [0.29, 0.717) is 5.69 Å². The van der Waals surface area contributed by atoms with Crippen LogP contribution in [0, 0.1) is 24.2 Å². The fourth-order valence-corrected chi connectivity index (χ4v) is 5.09. The molecule has 0 aliphatic carbocycles. The van der Waals surface area contributed by atoms with E-state index in [1.807, 2.05) is 5.92 Å². The Bertz CT molecular complexity index is 1230. The number of aliphatic hydroxyl groups is 1. The zero-order chi connectivity index (χ0) is 25.1. The van der Waals surface area contributed by atoms with E-state index in [9.17, 15) is 26.7 Å². The molecule has 2 aromatic rings. The number of anilines is 2. The minimum absolute atomic E-state index is 0.00246. The monoisotopic (exact) mass is 492 g/mol. The summed E-state index contributed by atoms with van der Waals surface area (Å²) in [7, 11) is -3.84. The molecule has 1 aromatic heterocycles. The average Bonchev–Trinajstić information content (AvgIpc) is 2.79. The standard InChI is InChI=1S/C23H23F3N4O3S/c1-3-5-19-16-29(34(32,33)20-10-11-21(27)28-15-20)13-14-30(19)18-8-6-17(7-9-18)22(31,12-4-2)23(24,25)26/h2,6-11,15,19,31H,12-14,16H2,1H3,(H2,27,28)/t19-,22-/m0/s1. The van der Waals surface area contributed by atoms with Gasteiger partial charge in [-0.15, -0.1) is 18.3 Å². The highest BCUT2D eigenvalue weighted by Gasteiger charge is 2.54. The van der Waals surface area contributed by atoms with Gasteiger partial charge in [0, 0.05) is 31.5 Å². The van der Waals surface area contributed by atoms with Crippen molar-refractivity contribution >= 4 is 21.5 Å². The van der Waals surface area contributed by atoms with Gasteiger partial charge >= 0.3 is 6.18 Å². The van der Waals surface area contributed by atoms with Crippen LogP contribution in [0.25, 0.3) is 0 Å². The topological polar surface area (TPSA) is 99.8 Å². The van der Waals surface area contributed by atoms with Crippen molar-refractivity contribution in [3.8, 4) is 24.2 Å². The molecule has 1 aromatic carbocycles. The molecule has 3 N–H and O–H groups in total. The van der Waals surface area contributed by atoms with Crippen LogP contribution in [0.1, 0.15) is 18.9 Å². The summed E-state index contributed by atoms with van der Waals surface area (Å²) in [5.41, 5.74) is 2.53. The van der Waals surface area contributed by atoms with Crippen LogP contribution in [-0.2, 0) is 15.6 Å². The van der Waals surface area contributed by atoms with Crippen LogP contribution >= 0.6 is 0 Å². The third kappa shape index (κ3) is 4.82. The van der Waals surface area contributed by atoms with Crippen LogP contribution in [0.4, 0.5) is 24.7 Å². The van der Waals surface area contributed by atoms with Gasteiger partial charge in [-0.2, -0.15) is 17.5 Å². The predicted octanol–water partition coefficient (Wildman–Crippen LogP) is 2.34. The van der Waals surface area contributed by atoms with E-state index >= 15 is 0 Å². The summed E-state index contributed by atoms with van der Waals surface area (Å²) < 4.78 is 67.7. The summed E-state index contributed by atoms with van der Waals surface area (Å²) >= 11 is 0. The number of hydrogen-bond acceptors (Lipinski definition) is 6. The Hall–Kier alpha value is -3.25. The van der Waals surface area contributed by atoms with Gasteiger partial charge in [0.2, 0.25) is 10.0 Å². The molecule has 0 spiro atoms. The fraction of sp³-hybridized carbons (Fsp3) is 0.348. The molecular weight excluding hydrogens is 469 g/mol. The van der Waals surface area contributed by atoms with Gasteiger partial charge < -0.3 is 15.7 Å². The molecule has 0 saturated carbocycles. The number of halogens is 3. The molecule has 1 fully saturated rings. The number of terminal acetylenes is 1. The second kappa shape index (κ2) is 9.55. The van der Waals surface area contributed by atoms with Gasteiger partial charge in [-0.05, 0) is 36.8 Å². The smallest absolute Gasteiger partial charge is 0.384 e. The van der Waals surface area contributed by atoms with Crippen molar-refractivity contribution in [1.29, 1.82) is 0 Å². The van der Waals surface area contributed by atoms with Crippen molar-refractivity contribution in [3.63, 3.8) is 0 Å². The van der Waals surface area contributed by atoms with Crippen molar-refractivity contribution in [3.05, 3.63) is 48.2 Å². The molecule has 0 amide bonds. The van der Waals surface area contributed by atoms with E-state index in [1.165, 1.54) is 46.9 Å². The normalized spacial score (nSPS) is 18.9. The van der Waals surface area contributed by atoms with Crippen LogP contribution < -0.4 is 10.6 Å².